The van der Waals surface area contributed by atoms with E-state index in [-0.39, 0.29) is 24.3 Å². The normalized spacial score (nSPS) is 15.1. The summed E-state index contributed by atoms with van der Waals surface area (Å²) in [6.45, 7) is 4.74. The quantitative estimate of drug-likeness (QED) is 0.693. The first kappa shape index (κ1) is 21.3. The smallest absolute Gasteiger partial charge is 0.251 e. The fourth-order valence-corrected chi connectivity index (χ4v) is 4.01. The van der Waals surface area contributed by atoms with Crippen LogP contribution in [0.2, 0.25) is 5.02 Å². The topological polar surface area (TPSA) is 61.4 Å². The van der Waals surface area contributed by atoms with E-state index < -0.39 is 0 Å². The number of halogens is 1. The molecule has 29 heavy (non-hydrogen) atoms. The van der Waals surface area contributed by atoms with Crippen molar-refractivity contribution in [2.75, 3.05) is 26.2 Å². The highest BCUT2D eigenvalue weighted by atomic mass is 35.5. The molecule has 0 spiro atoms. The summed E-state index contributed by atoms with van der Waals surface area (Å²) in [5.74, 6) is -0.228. The average molecular weight is 414 g/mol. The Kier molecular flexibility index (Phi) is 7.67. The summed E-state index contributed by atoms with van der Waals surface area (Å²) in [6.07, 6.45) is 2.58. The van der Waals surface area contributed by atoms with Crippen molar-refractivity contribution in [3.63, 3.8) is 0 Å². The first-order chi connectivity index (χ1) is 14.1. The molecule has 1 aliphatic heterocycles. The van der Waals surface area contributed by atoms with E-state index in [2.05, 4.69) is 15.5 Å². The van der Waals surface area contributed by atoms with Crippen molar-refractivity contribution in [1.29, 1.82) is 0 Å². The van der Waals surface area contributed by atoms with E-state index in [0.29, 0.717) is 18.7 Å². The molecule has 1 saturated heterocycles. The number of benzene rings is 2. The molecule has 1 aliphatic rings. The minimum atomic E-state index is -0.151. The van der Waals surface area contributed by atoms with Gasteiger partial charge in [-0.05, 0) is 56.1 Å². The van der Waals surface area contributed by atoms with Crippen LogP contribution in [-0.4, -0.2) is 42.9 Å². The van der Waals surface area contributed by atoms with Crippen molar-refractivity contribution in [3.05, 3.63) is 70.2 Å². The van der Waals surface area contributed by atoms with Crippen LogP contribution in [0, 0.1) is 6.92 Å². The number of nitrogens with one attached hydrogen (secondary N) is 2. The van der Waals surface area contributed by atoms with Crippen molar-refractivity contribution >= 4 is 23.4 Å². The molecule has 0 aliphatic carbocycles. The lowest BCUT2D eigenvalue weighted by Crippen LogP contribution is -2.38. The van der Waals surface area contributed by atoms with E-state index in [9.17, 15) is 9.59 Å². The molecule has 2 N–H and O–H groups in total. The monoisotopic (exact) mass is 413 g/mol. The van der Waals surface area contributed by atoms with Crippen molar-refractivity contribution in [3.8, 4) is 0 Å². The van der Waals surface area contributed by atoms with Crippen LogP contribution in [0.25, 0.3) is 0 Å². The Balaban J connectivity index is 1.51. The van der Waals surface area contributed by atoms with Gasteiger partial charge in [-0.3, -0.25) is 14.5 Å². The SMILES string of the molecule is Cc1ccccc1C(=O)NCCC(=O)NCC(c1ccccc1Cl)N1CCCC1. The van der Waals surface area contributed by atoms with E-state index in [1.807, 2.05) is 49.4 Å². The lowest BCUT2D eigenvalue weighted by atomic mass is 10.1. The molecule has 5 nitrogen and oxygen atoms in total. The van der Waals surface area contributed by atoms with Gasteiger partial charge >= 0.3 is 0 Å². The van der Waals surface area contributed by atoms with E-state index in [0.717, 1.165) is 29.2 Å². The van der Waals surface area contributed by atoms with Gasteiger partial charge in [0.25, 0.3) is 5.91 Å². The van der Waals surface area contributed by atoms with Gasteiger partial charge in [-0.1, -0.05) is 48.0 Å². The third kappa shape index (κ3) is 5.81. The maximum absolute atomic E-state index is 12.3. The van der Waals surface area contributed by atoms with Gasteiger partial charge in [0.15, 0.2) is 0 Å². The molecule has 2 aromatic carbocycles. The van der Waals surface area contributed by atoms with Gasteiger partial charge in [-0.15, -0.1) is 0 Å². The summed E-state index contributed by atoms with van der Waals surface area (Å²) in [6, 6.07) is 15.3. The number of likely N-dealkylation sites (tertiary alicyclic amines) is 1. The fourth-order valence-electron chi connectivity index (χ4n) is 3.75. The van der Waals surface area contributed by atoms with Gasteiger partial charge in [0.1, 0.15) is 0 Å². The van der Waals surface area contributed by atoms with Crippen LogP contribution in [0.3, 0.4) is 0 Å². The number of hydrogen-bond acceptors (Lipinski definition) is 3. The summed E-state index contributed by atoms with van der Waals surface area (Å²) in [5, 5.41) is 6.57. The molecule has 6 heteroatoms. The van der Waals surface area contributed by atoms with Crippen LogP contribution in [-0.2, 0) is 4.79 Å². The van der Waals surface area contributed by atoms with E-state index in [1.165, 1.54) is 12.8 Å². The predicted octanol–water partition coefficient (Wildman–Crippen LogP) is 3.72. The highest BCUT2D eigenvalue weighted by molar-refractivity contribution is 6.31. The lowest BCUT2D eigenvalue weighted by molar-refractivity contribution is -0.121. The van der Waals surface area contributed by atoms with E-state index in [4.69, 9.17) is 11.6 Å². The third-order valence-corrected chi connectivity index (χ3v) is 5.71. The molecule has 1 atom stereocenters. The minimum Gasteiger partial charge on any atom is -0.354 e. The second-order valence-corrected chi connectivity index (χ2v) is 7.81. The highest BCUT2D eigenvalue weighted by Crippen LogP contribution is 2.29. The Hall–Kier alpha value is -2.37. The minimum absolute atomic E-state index is 0.0664. The van der Waals surface area contributed by atoms with Crippen LogP contribution in [0.5, 0.6) is 0 Å². The maximum atomic E-state index is 12.3. The van der Waals surface area contributed by atoms with Crippen LogP contribution in [0.15, 0.2) is 48.5 Å². The van der Waals surface area contributed by atoms with E-state index >= 15 is 0 Å². The summed E-state index contributed by atoms with van der Waals surface area (Å²) in [7, 11) is 0. The third-order valence-electron chi connectivity index (χ3n) is 5.37. The van der Waals surface area contributed by atoms with Crippen molar-refractivity contribution in [2.24, 2.45) is 0 Å². The van der Waals surface area contributed by atoms with Crippen LogP contribution in [0.1, 0.15) is 46.8 Å². The lowest BCUT2D eigenvalue weighted by Gasteiger charge is -2.29. The average Bonchev–Trinajstić information content (AvgIpc) is 3.24. The van der Waals surface area contributed by atoms with Crippen molar-refractivity contribution < 1.29 is 9.59 Å². The fraction of sp³-hybridized carbons (Fsp3) is 0.391. The molecule has 0 saturated carbocycles. The number of nitrogens with zero attached hydrogens (tertiary/aromatic N) is 1. The zero-order chi connectivity index (χ0) is 20.6. The second-order valence-electron chi connectivity index (χ2n) is 7.41. The Bertz CT molecular complexity index is 850. The van der Waals surface area contributed by atoms with Gasteiger partial charge in [0, 0.05) is 30.1 Å². The molecule has 1 unspecified atom stereocenters. The standard InChI is InChI=1S/C23H28ClN3O2/c1-17-8-2-3-9-18(17)23(29)25-13-12-22(28)26-16-21(27-14-6-7-15-27)19-10-4-5-11-20(19)24/h2-5,8-11,21H,6-7,12-16H2,1H3,(H,25,29)(H,26,28). The number of amides is 2. The molecule has 2 aromatic rings. The summed E-state index contributed by atoms with van der Waals surface area (Å²) < 4.78 is 0. The van der Waals surface area contributed by atoms with Crippen LogP contribution < -0.4 is 10.6 Å². The molecule has 0 aromatic heterocycles. The highest BCUT2D eigenvalue weighted by Gasteiger charge is 2.25. The molecule has 154 valence electrons. The first-order valence-electron chi connectivity index (χ1n) is 10.2. The second kappa shape index (κ2) is 10.4. The van der Waals surface area contributed by atoms with Gasteiger partial charge in [0.05, 0.1) is 6.04 Å². The maximum Gasteiger partial charge on any atom is 0.251 e. The van der Waals surface area contributed by atoms with Crippen LogP contribution >= 0.6 is 11.6 Å². The van der Waals surface area contributed by atoms with Gasteiger partial charge in [-0.2, -0.15) is 0 Å². The Morgan fingerprint density at radius 2 is 1.72 bits per heavy atom. The van der Waals surface area contributed by atoms with Gasteiger partial charge in [0.2, 0.25) is 5.91 Å². The number of rotatable bonds is 8. The number of carbonyl (C=O) groups is 2. The Morgan fingerprint density at radius 3 is 2.45 bits per heavy atom. The van der Waals surface area contributed by atoms with Crippen molar-refractivity contribution in [1.82, 2.24) is 15.5 Å². The van der Waals surface area contributed by atoms with Gasteiger partial charge < -0.3 is 10.6 Å². The zero-order valence-electron chi connectivity index (χ0n) is 16.8. The largest absolute Gasteiger partial charge is 0.354 e. The summed E-state index contributed by atoms with van der Waals surface area (Å²) in [4.78, 5) is 27.0. The van der Waals surface area contributed by atoms with Crippen molar-refractivity contribution in [2.45, 2.75) is 32.2 Å². The Morgan fingerprint density at radius 1 is 1.03 bits per heavy atom. The molecule has 1 fully saturated rings. The molecular formula is C23H28ClN3O2. The van der Waals surface area contributed by atoms with E-state index in [1.54, 1.807) is 6.07 Å². The first-order valence-corrected chi connectivity index (χ1v) is 10.5. The van der Waals surface area contributed by atoms with Crippen LogP contribution in [0.4, 0.5) is 0 Å². The summed E-state index contributed by atoms with van der Waals surface area (Å²) in [5.41, 5.74) is 2.60. The number of carbonyl (C=O) groups excluding carboxylic acids is 2. The molecule has 1 heterocycles. The molecule has 0 radical (unpaired) electrons. The Labute approximate surface area is 177 Å². The summed E-state index contributed by atoms with van der Waals surface area (Å²) >= 11 is 6.42. The predicted molar refractivity (Wildman–Crippen MR) is 116 cm³/mol. The van der Waals surface area contributed by atoms with Gasteiger partial charge in [-0.25, -0.2) is 0 Å². The zero-order valence-corrected chi connectivity index (χ0v) is 17.5. The number of hydrogen-bond donors (Lipinski definition) is 2. The molecule has 2 amide bonds. The number of aryl methyl sites for hydroxylation is 1. The molecular weight excluding hydrogens is 386 g/mol. The molecule has 0 bridgehead atoms. The molecule has 3 rings (SSSR count).